The highest BCUT2D eigenvalue weighted by Crippen LogP contribution is 2.12. The van der Waals surface area contributed by atoms with Crippen molar-refractivity contribution in [1.82, 2.24) is 4.90 Å². The Morgan fingerprint density at radius 2 is 2.00 bits per heavy atom. The molecule has 0 spiro atoms. The zero-order chi connectivity index (χ0) is 17.4. The lowest BCUT2D eigenvalue weighted by Gasteiger charge is -2.21. The summed E-state index contributed by atoms with van der Waals surface area (Å²) in [7, 11) is 1.84. The van der Waals surface area contributed by atoms with Crippen LogP contribution in [-0.4, -0.2) is 36.3 Å². The third-order valence-corrected chi connectivity index (χ3v) is 3.58. The minimum absolute atomic E-state index is 0.230. The summed E-state index contributed by atoms with van der Waals surface area (Å²) >= 11 is 0. The predicted octanol–water partition coefficient (Wildman–Crippen LogP) is 2.71. The lowest BCUT2D eigenvalue weighted by atomic mass is 10.1. The summed E-state index contributed by atoms with van der Waals surface area (Å²) in [5.41, 5.74) is 2.11. The molecular formula is C19H21FN2O2. The summed E-state index contributed by atoms with van der Waals surface area (Å²) in [5, 5.41) is 19.1. The van der Waals surface area contributed by atoms with Gasteiger partial charge in [0.15, 0.2) is 0 Å². The van der Waals surface area contributed by atoms with Crippen molar-refractivity contribution >= 4 is 0 Å². The lowest BCUT2D eigenvalue weighted by Crippen LogP contribution is -2.32. The van der Waals surface area contributed by atoms with Crippen molar-refractivity contribution in [3.05, 3.63) is 71.0 Å². The molecule has 0 amide bonds. The molecule has 0 aromatic heterocycles. The molecule has 0 heterocycles. The van der Waals surface area contributed by atoms with E-state index in [-0.39, 0.29) is 6.61 Å². The van der Waals surface area contributed by atoms with Crippen LogP contribution in [0.25, 0.3) is 0 Å². The Bertz CT molecular complexity index is 686. The maximum atomic E-state index is 13.1. The number of hydrogen-bond donors (Lipinski definition) is 1. The largest absolute Gasteiger partial charge is 0.389 e. The molecule has 2 aromatic carbocycles. The van der Waals surface area contributed by atoms with E-state index in [0.29, 0.717) is 25.3 Å². The second kappa shape index (κ2) is 9.14. The van der Waals surface area contributed by atoms with E-state index in [1.54, 1.807) is 6.07 Å². The first kappa shape index (κ1) is 18.1. The molecule has 5 heteroatoms. The van der Waals surface area contributed by atoms with Crippen molar-refractivity contribution in [3.8, 4) is 6.07 Å². The number of likely N-dealkylation sites (N-methyl/N-ethyl adjacent to an activating group) is 1. The van der Waals surface area contributed by atoms with Crippen LogP contribution in [0, 0.1) is 17.1 Å². The molecule has 0 unspecified atom stereocenters. The Balaban J connectivity index is 1.77. The molecule has 2 rings (SSSR count). The predicted molar refractivity (Wildman–Crippen MR) is 89.6 cm³/mol. The zero-order valence-electron chi connectivity index (χ0n) is 13.7. The van der Waals surface area contributed by atoms with E-state index in [2.05, 4.69) is 0 Å². The summed E-state index contributed by atoms with van der Waals surface area (Å²) in [5.74, 6) is -0.424. The van der Waals surface area contributed by atoms with E-state index < -0.39 is 11.9 Å². The first-order valence-electron chi connectivity index (χ1n) is 7.75. The van der Waals surface area contributed by atoms with Gasteiger partial charge < -0.3 is 9.84 Å². The summed E-state index contributed by atoms with van der Waals surface area (Å²) in [6, 6.07) is 15.9. The Hall–Kier alpha value is -2.26. The molecule has 1 N–H and O–H groups in total. The highest BCUT2D eigenvalue weighted by molar-refractivity contribution is 5.37. The van der Waals surface area contributed by atoms with Crippen LogP contribution in [0.1, 0.15) is 16.7 Å². The summed E-state index contributed by atoms with van der Waals surface area (Å²) < 4.78 is 18.7. The number of halogens is 1. The van der Waals surface area contributed by atoms with E-state index >= 15 is 0 Å². The Morgan fingerprint density at radius 1 is 1.25 bits per heavy atom. The van der Waals surface area contributed by atoms with Gasteiger partial charge in [-0.3, -0.25) is 4.90 Å². The topological polar surface area (TPSA) is 56.5 Å². The molecule has 24 heavy (non-hydrogen) atoms. The van der Waals surface area contributed by atoms with Crippen molar-refractivity contribution in [1.29, 1.82) is 5.26 Å². The number of aliphatic hydroxyl groups excluding tert-OH is 1. The summed E-state index contributed by atoms with van der Waals surface area (Å²) in [4.78, 5) is 1.88. The van der Waals surface area contributed by atoms with Gasteiger partial charge >= 0.3 is 0 Å². The van der Waals surface area contributed by atoms with Crippen molar-refractivity contribution < 1.29 is 14.2 Å². The van der Waals surface area contributed by atoms with Gasteiger partial charge in [0.1, 0.15) is 5.82 Å². The van der Waals surface area contributed by atoms with Crippen LogP contribution >= 0.6 is 0 Å². The van der Waals surface area contributed by atoms with E-state index in [0.717, 1.165) is 11.1 Å². The summed E-state index contributed by atoms with van der Waals surface area (Å²) in [6.07, 6.45) is -0.635. The maximum absolute atomic E-state index is 13.1. The average Bonchev–Trinajstić information content (AvgIpc) is 2.57. The zero-order valence-corrected chi connectivity index (χ0v) is 13.7. The molecular weight excluding hydrogens is 307 g/mol. The Labute approximate surface area is 141 Å². The molecule has 126 valence electrons. The molecule has 2 aromatic rings. The molecule has 0 radical (unpaired) electrons. The van der Waals surface area contributed by atoms with Crippen LogP contribution in [0.5, 0.6) is 0 Å². The highest BCUT2D eigenvalue weighted by atomic mass is 19.1. The highest BCUT2D eigenvalue weighted by Gasteiger charge is 2.11. The van der Waals surface area contributed by atoms with Crippen molar-refractivity contribution in [3.63, 3.8) is 0 Å². The van der Waals surface area contributed by atoms with Crippen molar-refractivity contribution in [2.45, 2.75) is 19.3 Å². The van der Waals surface area contributed by atoms with Gasteiger partial charge in [-0.1, -0.05) is 36.4 Å². The van der Waals surface area contributed by atoms with Gasteiger partial charge in [-0.25, -0.2) is 4.39 Å². The van der Waals surface area contributed by atoms with Crippen LogP contribution in [0.4, 0.5) is 4.39 Å². The third-order valence-electron chi connectivity index (χ3n) is 3.58. The van der Waals surface area contributed by atoms with Crippen LogP contribution in [0.15, 0.2) is 48.5 Å². The van der Waals surface area contributed by atoms with E-state index in [1.807, 2.05) is 48.3 Å². The van der Waals surface area contributed by atoms with Gasteiger partial charge in [-0.2, -0.15) is 5.26 Å². The van der Waals surface area contributed by atoms with Gasteiger partial charge in [-0.15, -0.1) is 0 Å². The fraction of sp³-hybridized carbons (Fsp3) is 0.316. The molecule has 0 aliphatic rings. The second-order valence-electron chi connectivity index (χ2n) is 5.76. The quantitative estimate of drug-likeness (QED) is 0.809. The van der Waals surface area contributed by atoms with Gasteiger partial charge in [-0.05, 0) is 30.3 Å². The first-order chi connectivity index (χ1) is 11.6. The van der Waals surface area contributed by atoms with Crippen LogP contribution in [0.2, 0.25) is 0 Å². The van der Waals surface area contributed by atoms with Crippen LogP contribution < -0.4 is 0 Å². The van der Waals surface area contributed by atoms with Crippen molar-refractivity contribution in [2.75, 3.05) is 20.2 Å². The van der Waals surface area contributed by atoms with E-state index in [4.69, 9.17) is 10.00 Å². The number of benzene rings is 2. The summed E-state index contributed by atoms with van der Waals surface area (Å²) in [6.45, 7) is 1.54. The molecule has 0 saturated carbocycles. The fourth-order valence-electron chi connectivity index (χ4n) is 2.45. The molecule has 0 saturated heterocycles. The van der Waals surface area contributed by atoms with Crippen LogP contribution in [-0.2, 0) is 17.9 Å². The number of ether oxygens (including phenoxy) is 1. The van der Waals surface area contributed by atoms with Gasteiger partial charge in [0.05, 0.1) is 31.0 Å². The minimum atomic E-state index is -0.635. The molecule has 4 nitrogen and oxygen atoms in total. The normalized spacial score (nSPS) is 12.1. The maximum Gasteiger partial charge on any atom is 0.124 e. The molecule has 0 aliphatic carbocycles. The molecule has 1 atom stereocenters. The average molecular weight is 328 g/mol. The van der Waals surface area contributed by atoms with E-state index in [9.17, 15) is 9.50 Å². The van der Waals surface area contributed by atoms with E-state index in [1.165, 1.54) is 12.1 Å². The second-order valence-corrected chi connectivity index (χ2v) is 5.76. The van der Waals surface area contributed by atoms with Gasteiger partial charge in [0.2, 0.25) is 0 Å². The number of nitrogens with zero attached hydrogens (tertiary/aromatic N) is 2. The van der Waals surface area contributed by atoms with Gasteiger partial charge in [0, 0.05) is 13.1 Å². The van der Waals surface area contributed by atoms with Gasteiger partial charge in [0.25, 0.3) is 0 Å². The monoisotopic (exact) mass is 328 g/mol. The molecule has 0 bridgehead atoms. The third kappa shape index (κ3) is 5.74. The lowest BCUT2D eigenvalue weighted by molar-refractivity contribution is 0.0127. The fourth-order valence-corrected chi connectivity index (χ4v) is 2.45. The standard InChI is InChI=1S/C19H21FN2O2/c1-22(11-16-7-8-18(20)9-17(16)10-21)12-19(23)14-24-13-15-5-3-2-4-6-15/h2-9,19,23H,11-14H2,1H3/t19-/m1/s1. The van der Waals surface area contributed by atoms with Crippen molar-refractivity contribution in [2.24, 2.45) is 0 Å². The number of rotatable bonds is 8. The SMILES string of the molecule is CN(Cc1ccc(F)cc1C#N)C[C@@H](O)COCc1ccccc1. The number of aliphatic hydroxyl groups is 1. The molecule has 0 aliphatic heterocycles. The molecule has 0 fully saturated rings. The number of hydrogen-bond acceptors (Lipinski definition) is 4. The number of nitriles is 1. The Kier molecular flexibility index (Phi) is 6.89. The smallest absolute Gasteiger partial charge is 0.124 e. The minimum Gasteiger partial charge on any atom is -0.389 e. The van der Waals surface area contributed by atoms with Crippen LogP contribution in [0.3, 0.4) is 0 Å². The Morgan fingerprint density at radius 3 is 2.71 bits per heavy atom. The first-order valence-corrected chi connectivity index (χ1v) is 7.75.